The molecule has 2 aliphatic rings. The standard InChI is InChI=1S/C30H28ClN3O2/c1-19-29-28(23-8-3-5-10-26(23)32-29)24(22-7-2-4-9-25(22)31)18-34(19)30(36)21-14-12-20(13-15-21)17-33-16-6-11-27(33)35/h2-5,7-10,12-15,19,24,32H,6,11,16-18H2,1H3. The third kappa shape index (κ3) is 3.88. The molecule has 3 aromatic carbocycles. The summed E-state index contributed by atoms with van der Waals surface area (Å²) in [6.07, 6.45) is 1.55. The number of carbonyl (C=O) groups excluding carboxylic acids is 2. The Bertz CT molecular complexity index is 1460. The Kier molecular flexibility index (Phi) is 5.81. The number of aromatic nitrogens is 1. The van der Waals surface area contributed by atoms with E-state index in [4.69, 9.17) is 11.6 Å². The van der Waals surface area contributed by atoms with Crippen LogP contribution >= 0.6 is 11.6 Å². The molecular formula is C30H28ClN3O2. The van der Waals surface area contributed by atoms with Gasteiger partial charge in [-0.1, -0.05) is 60.1 Å². The third-order valence-electron chi connectivity index (χ3n) is 7.68. The summed E-state index contributed by atoms with van der Waals surface area (Å²) in [5, 5.41) is 1.89. The van der Waals surface area contributed by atoms with Crippen LogP contribution in [0.5, 0.6) is 0 Å². The number of fused-ring (bicyclic) bond motifs is 3. The fourth-order valence-corrected chi connectivity index (χ4v) is 6.04. The van der Waals surface area contributed by atoms with Gasteiger partial charge >= 0.3 is 0 Å². The second kappa shape index (κ2) is 9.14. The van der Waals surface area contributed by atoms with Crippen LogP contribution < -0.4 is 0 Å². The minimum atomic E-state index is -0.111. The minimum Gasteiger partial charge on any atom is -0.356 e. The number of halogens is 1. The van der Waals surface area contributed by atoms with Crippen molar-refractivity contribution in [3.8, 4) is 0 Å². The Morgan fingerprint density at radius 2 is 1.78 bits per heavy atom. The fourth-order valence-electron chi connectivity index (χ4n) is 5.77. The quantitative estimate of drug-likeness (QED) is 0.360. The Labute approximate surface area is 215 Å². The molecule has 2 amide bonds. The van der Waals surface area contributed by atoms with Gasteiger partial charge in [-0.3, -0.25) is 9.59 Å². The Morgan fingerprint density at radius 1 is 1.03 bits per heavy atom. The van der Waals surface area contributed by atoms with E-state index in [1.807, 2.05) is 58.3 Å². The van der Waals surface area contributed by atoms with E-state index in [-0.39, 0.29) is 23.8 Å². The van der Waals surface area contributed by atoms with E-state index in [1.165, 1.54) is 10.9 Å². The molecule has 5 nitrogen and oxygen atoms in total. The highest BCUT2D eigenvalue weighted by Crippen LogP contribution is 2.45. The van der Waals surface area contributed by atoms with Crippen molar-refractivity contribution in [2.24, 2.45) is 0 Å². The van der Waals surface area contributed by atoms with Crippen LogP contribution in [0.3, 0.4) is 0 Å². The number of amides is 2. The number of para-hydroxylation sites is 1. The Hall–Kier alpha value is -3.57. The summed E-state index contributed by atoms with van der Waals surface area (Å²) in [6.45, 7) is 4.03. The number of hydrogen-bond acceptors (Lipinski definition) is 2. The first-order valence-electron chi connectivity index (χ1n) is 12.5. The number of carbonyl (C=O) groups is 2. The number of likely N-dealkylation sites (tertiary alicyclic amines) is 1. The number of aromatic amines is 1. The van der Waals surface area contributed by atoms with Crippen LogP contribution in [0.1, 0.15) is 64.5 Å². The average Bonchev–Trinajstić information content (AvgIpc) is 3.49. The van der Waals surface area contributed by atoms with Crippen LogP contribution in [0, 0.1) is 0 Å². The molecule has 36 heavy (non-hydrogen) atoms. The van der Waals surface area contributed by atoms with Crippen LogP contribution in [0.4, 0.5) is 0 Å². The highest BCUT2D eigenvalue weighted by atomic mass is 35.5. The summed E-state index contributed by atoms with van der Waals surface area (Å²) in [6, 6.07) is 23.8. The lowest BCUT2D eigenvalue weighted by Gasteiger charge is -2.38. The van der Waals surface area contributed by atoms with Crippen LogP contribution in [0.25, 0.3) is 10.9 Å². The van der Waals surface area contributed by atoms with Gasteiger partial charge in [0.2, 0.25) is 5.91 Å². The van der Waals surface area contributed by atoms with Gasteiger partial charge in [0.25, 0.3) is 5.91 Å². The monoisotopic (exact) mass is 497 g/mol. The molecule has 1 aromatic heterocycles. The molecule has 3 heterocycles. The first-order valence-corrected chi connectivity index (χ1v) is 12.9. The van der Waals surface area contributed by atoms with Gasteiger partial charge in [-0.15, -0.1) is 0 Å². The second-order valence-corrected chi connectivity index (χ2v) is 10.2. The Balaban J connectivity index is 1.34. The summed E-state index contributed by atoms with van der Waals surface area (Å²) in [7, 11) is 0. The SMILES string of the molecule is CC1c2[nH]c3ccccc3c2C(c2ccccc2Cl)CN1C(=O)c1ccc(CN2CCCC2=O)cc1. The van der Waals surface area contributed by atoms with E-state index in [2.05, 4.69) is 36.2 Å². The zero-order chi connectivity index (χ0) is 24.8. The van der Waals surface area contributed by atoms with Gasteiger partial charge < -0.3 is 14.8 Å². The maximum Gasteiger partial charge on any atom is 0.254 e. The normalized spacial score (nSPS) is 19.7. The molecule has 0 bridgehead atoms. The molecular weight excluding hydrogens is 470 g/mol. The largest absolute Gasteiger partial charge is 0.356 e. The van der Waals surface area contributed by atoms with Crippen molar-refractivity contribution in [1.82, 2.24) is 14.8 Å². The zero-order valence-corrected chi connectivity index (χ0v) is 21.0. The third-order valence-corrected chi connectivity index (χ3v) is 8.02. The topological polar surface area (TPSA) is 56.4 Å². The number of rotatable bonds is 4. The van der Waals surface area contributed by atoms with Crippen LogP contribution in [0.2, 0.25) is 5.02 Å². The van der Waals surface area contributed by atoms with Crippen molar-refractivity contribution in [1.29, 1.82) is 0 Å². The molecule has 2 atom stereocenters. The number of nitrogens with one attached hydrogen (secondary N) is 1. The zero-order valence-electron chi connectivity index (χ0n) is 20.2. The lowest BCUT2D eigenvalue weighted by molar-refractivity contribution is -0.128. The molecule has 1 N–H and O–H groups in total. The van der Waals surface area contributed by atoms with E-state index < -0.39 is 0 Å². The summed E-state index contributed by atoms with van der Waals surface area (Å²) in [5.41, 5.74) is 6.07. The predicted octanol–water partition coefficient (Wildman–Crippen LogP) is 6.29. The smallest absolute Gasteiger partial charge is 0.254 e. The summed E-state index contributed by atoms with van der Waals surface area (Å²) in [5.74, 6) is 0.162. The first-order chi connectivity index (χ1) is 17.5. The van der Waals surface area contributed by atoms with Crippen molar-refractivity contribution in [2.75, 3.05) is 13.1 Å². The summed E-state index contributed by atoms with van der Waals surface area (Å²) >= 11 is 6.68. The molecule has 0 spiro atoms. The molecule has 0 radical (unpaired) electrons. The van der Waals surface area contributed by atoms with Gasteiger partial charge in [0.05, 0.1) is 6.04 Å². The maximum absolute atomic E-state index is 13.8. The van der Waals surface area contributed by atoms with E-state index in [0.717, 1.165) is 35.3 Å². The molecule has 6 rings (SSSR count). The molecule has 6 heteroatoms. The van der Waals surface area contributed by atoms with Gasteiger partial charge in [0.1, 0.15) is 0 Å². The minimum absolute atomic E-state index is 0.00680. The van der Waals surface area contributed by atoms with Gasteiger partial charge in [-0.2, -0.15) is 0 Å². The lowest BCUT2D eigenvalue weighted by atomic mass is 9.83. The number of H-pyrrole nitrogens is 1. The number of hydrogen-bond donors (Lipinski definition) is 1. The van der Waals surface area contributed by atoms with Gasteiger partial charge in [0.15, 0.2) is 0 Å². The van der Waals surface area contributed by atoms with E-state index in [9.17, 15) is 9.59 Å². The van der Waals surface area contributed by atoms with Crippen molar-refractivity contribution in [3.63, 3.8) is 0 Å². The lowest BCUT2D eigenvalue weighted by Crippen LogP contribution is -2.41. The van der Waals surface area contributed by atoms with Crippen LogP contribution in [0.15, 0.2) is 72.8 Å². The maximum atomic E-state index is 13.8. The molecule has 0 saturated carbocycles. The number of nitrogens with zero attached hydrogens (tertiary/aromatic N) is 2. The van der Waals surface area contributed by atoms with Crippen molar-refractivity contribution >= 4 is 34.3 Å². The van der Waals surface area contributed by atoms with Gasteiger partial charge in [0, 0.05) is 59.2 Å². The predicted molar refractivity (Wildman–Crippen MR) is 142 cm³/mol. The second-order valence-electron chi connectivity index (χ2n) is 9.82. The number of benzene rings is 3. The molecule has 182 valence electrons. The Morgan fingerprint density at radius 3 is 2.53 bits per heavy atom. The molecule has 2 aliphatic heterocycles. The highest BCUT2D eigenvalue weighted by Gasteiger charge is 2.37. The van der Waals surface area contributed by atoms with Crippen LogP contribution in [-0.4, -0.2) is 39.7 Å². The molecule has 1 saturated heterocycles. The molecule has 1 fully saturated rings. The summed E-state index contributed by atoms with van der Waals surface area (Å²) < 4.78 is 0. The first kappa shape index (κ1) is 22.9. The highest BCUT2D eigenvalue weighted by molar-refractivity contribution is 6.31. The van der Waals surface area contributed by atoms with Gasteiger partial charge in [-0.05, 0) is 54.3 Å². The van der Waals surface area contributed by atoms with Crippen LogP contribution in [-0.2, 0) is 11.3 Å². The average molecular weight is 498 g/mol. The van der Waals surface area contributed by atoms with Crippen molar-refractivity contribution < 1.29 is 9.59 Å². The molecule has 0 aliphatic carbocycles. The van der Waals surface area contributed by atoms with E-state index in [0.29, 0.717) is 30.1 Å². The molecule has 4 aromatic rings. The molecule has 2 unspecified atom stereocenters. The van der Waals surface area contributed by atoms with Gasteiger partial charge in [-0.25, -0.2) is 0 Å². The van der Waals surface area contributed by atoms with E-state index in [1.54, 1.807) is 0 Å². The fraction of sp³-hybridized carbons (Fsp3) is 0.267. The van der Waals surface area contributed by atoms with Crippen molar-refractivity contribution in [2.45, 2.75) is 38.3 Å². The van der Waals surface area contributed by atoms with E-state index >= 15 is 0 Å². The van der Waals surface area contributed by atoms with Crippen molar-refractivity contribution in [3.05, 3.63) is 106 Å². The summed E-state index contributed by atoms with van der Waals surface area (Å²) in [4.78, 5) is 33.2.